The molecule has 5 heteroatoms. The molecule has 0 N–H and O–H groups in total. The molecule has 24 heavy (non-hydrogen) atoms. The van der Waals surface area contributed by atoms with E-state index < -0.39 is 12.5 Å². The van der Waals surface area contributed by atoms with E-state index in [-0.39, 0.29) is 24.2 Å². The van der Waals surface area contributed by atoms with E-state index in [0.717, 1.165) is 5.56 Å². The Morgan fingerprint density at radius 2 is 1.62 bits per heavy atom. The second-order valence-corrected chi connectivity index (χ2v) is 5.76. The third-order valence-electron chi connectivity index (χ3n) is 3.61. The highest BCUT2D eigenvalue weighted by atomic mass is 19.3. The van der Waals surface area contributed by atoms with E-state index in [2.05, 4.69) is 4.74 Å². The van der Waals surface area contributed by atoms with Crippen molar-refractivity contribution in [2.24, 2.45) is 5.92 Å². The van der Waals surface area contributed by atoms with Gasteiger partial charge in [0, 0.05) is 0 Å². The first-order valence-corrected chi connectivity index (χ1v) is 7.72. The van der Waals surface area contributed by atoms with Gasteiger partial charge >= 0.3 is 12.6 Å². The number of esters is 1. The molecule has 0 unspecified atom stereocenters. The number of ether oxygens (including phenoxy) is 2. The van der Waals surface area contributed by atoms with Gasteiger partial charge in [-0.3, -0.25) is 4.79 Å². The van der Waals surface area contributed by atoms with Crippen molar-refractivity contribution < 1.29 is 23.0 Å². The number of rotatable bonds is 7. The van der Waals surface area contributed by atoms with Crippen molar-refractivity contribution in [3.05, 3.63) is 65.7 Å². The van der Waals surface area contributed by atoms with Crippen LogP contribution in [0.2, 0.25) is 0 Å². The van der Waals surface area contributed by atoms with Crippen LogP contribution in [0, 0.1) is 5.92 Å². The monoisotopic (exact) mass is 334 g/mol. The molecule has 2 rings (SSSR count). The van der Waals surface area contributed by atoms with Gasteiger partial charge in [-0.15, -0.1) is 0 Å². The molecule has 0 radical (unpaired) electrons. The molecule has 2 aromatic carbocycles. The van der Waals surface area contributed by atoms with Gasteiger partial charge in [-0.2, -0.15) is 8.78 Å². The van der Waals surface area contributed by atoms with Crippen LogP contribution >= 0.6 is 0 Å². The SMILES string of the molecule is CC(C)[C@H](C(=O)OCc1ccccc1)c1ccc(OC(F)F)cc1. The van der Waals surface area contributed by atoms with Gasteiger partial charge in [0.25, 0.3) is 0 Å². The molecule has 1 atom stereocenters. The van der Waals surface area contributed by atoms with Gasteiger partial charge in [0.15, 0.2) is 0 Å². The number of benzene rings is 2. The van der Waals surface area contributed by atoms with Gasteiger partial charge in [0.05, 0.1) is 5.92 Å². The van der Waals surface area contributed by atoms with E-state index in [1.807, 2.05) is 44.2 Å². The summed E-state index contributed by atoms with van der Waals surface area (Å²) in [6.45, 7) is 1.17. The zero-order chi connectivity index (χ0) is 17.5. The fourth-order valence-electron chi connectivity index (χ4n) is 2.47. The maximum absolute atomic E-state index is 12.4. The van der Waals surface area contributed by atoms with Gasteiger partial charge < -0.3 is 9.47 Å². The van der Waals surface area contributed by atoms with Crippen LogP contribution in [0.4, 0.5) is 8.78 Å². The smallest absolute Gasteiger partial charge is 0.387 e. The normalized spacial score (nSPS) is 12.2. The number of carbonyl (C=O) groups excluding carboxylic acids is 1. The summed E-state index contributed by atoms with van der Waals surface area (Å²) < 4.78 is 34.1. The highest BCUT2D eigenvalue weighted by molar-refractivity contribution is 5.78. The van der Waals surface area contributed by atoms with E-state index in [0.29, 0.717) is 5.56 Å². The van der Waals surface area contributed by atoms with Crippen LogP contribution in [0.15, 0.2) is 54.6 Å². The predicted molar refractivity (Wildman–Crippen MR) is 86.9 cm³/mol. The summed E-state index contributed by atoms with van der Waals surface area (Å²) in [6.07, 6.45) is 0. The third-order valence-corrected chi connectivity index (χ3v) is 3.61. The molecule has 0 aromatic heterocycles. The van der Waals surface area contributed by atoms with Crippen molar-refractivity contribution >= 4 is 5.97 Å². The van der Waals surface area contributed by atoms with Crippen LogP contribution in [-0.2, 0) is 16.1 Å². The highest BCUT2D eigenvalue weighted by Crippen LogP contribution is 2.28. The standard InChI is InChI=1S/C19H20F2O3/c1-13(2)17(15-8-10-16(11-9-15)24-19(20)21)18(22)23-12-14-6-4-3-5-7-14/h3-11,13,17,19H,12H2,1-2H3/t17-/m0/s1. The lowest BCUT2D eigenvalue weighted by Crippen LogP contribution is -2.20. The number of hydrogen-bond donors (Lipinski definition) is 0. The lowest BCUT2D eigenvalue weighted by atomic mass is 9.88. The molecule has 0 aliphatic rings. The first-order chi connectivity index (χ1) is 11.5. The van der Waals surface area contributed by atoms with Gasteiger partial charge in [0.2, 0.25) is 0 Å². The van der Waals surface area contributed by atoms with E-state index >= 15 is 0 Å². The topological polar surface area (TPSA) is 35.5 Å². The number of hydrogen-bond acceptors (Lipinski definition) is 3. The predicted octanol–water partition coefficient (Wildman–Crippen LogP) is 4.77. The summed E-state index contributed by atoms with van der Waals surface area (Å²) in [5, 5.41) is 0. The molecule has 0 spiro atoms. The quantitative estimate of drug-likeness (QED) is 0.684. The van der Waals surface area contributed by atoms with E-state index in [1.165, 1.54) is 12.1 Å². The Bertz CT molecular complexity index is 639. The molecular formula is C19H20F2O3. The minimum atomic E-state index is -2.87. The Morgan fingerprint density at radius 3 is 2.17 bits per heavy atom. The molecule has 3 nitrogen and oxygen atoms in total. The van der Waals surface area contributed by atoms with E-state index in [1.54, 1.807) is 12.1 Å². The Labute approximate surface area is 140 Å². The Morgan fingerprint density at radius 1 is 1.00 bits per heavy atom. The fourth-order valence-corrected chi connectivity index (χ4v) is 2.47. The van der Waals surface area contributed by atoms with Crippen LogP contribution < -0.4 is 4.74 Å². The molecular weight excluding hydrogens is 314 g/mol. The lowest BCUT2D eigenvalue weighted by molar-refractivity contribution is -0.148. The summed E-state index contributed by atoms with van der Waals surface area (Å²) in [6, 6.07) is 15.5. The van der Waals surface area contributed by atoms with Crippen LogP contribution in [0.3, 0.4) is 0 Å². The zero-order valence-electron chi connectivity index (χ0n) is 13.6. The number of carbonyl (C=O) groups is 1. The molecule has 128 valence electrons. The van der Waals surface area contributed by atoms with Gasteiger partial charge in [0.1, 0.15) is 12.4 Å². The summed E-state index contributed by atoms with van der Waals surface area (Å²) in [5.74, 6) is -0.727. The molecule has 0 bridgehead atoms. The van der Waals surface area contributed by atoms with Crippen molar-refractivity contribution in [3.8, 4) is 5.75 Å². The molecule has 0 fully saturated rings. The second-order valence-electron chi connectivity index (χ2n) is 5.76. The average Bonchev–Trinajstić information content (AvgIpc) is 2.55. The minimum absolute atomic E-state index is 0.00939. The van der Waals surface area contributed by atoms with Crippen molar-refractivity contribution in [2.75, 3.05) is 0 Å². The van der Waals surface area contributed by atoms with Crippen LogP contribution in [0.1, 0.15) is 30.9 Å². The van der Waals surface area contributed by atoms with Crippen LogP contribution in [0.5, 0.6) is 5.75 Å². The maximum Gasteiger partial charge on any atom is 0.387 e. The molecule has 0 amide bonds. The van der Waals surface area contributed by atoms with Crippen LogP contribution in [-0.4, -0.2) is 12.6 Å². The van der Waals surface area contributed by atoms with Crippen molar-refractivity contribution in [1.29, 1.82) is 0 Å². The molecule has 2 aromatic rings. The Hall–Kier alpha value is -2.43. The second kappa shape index (κ2) is 8.43. The first kappa shape index (κ1) is 17.9. The molecule has 0 saturated heterocycles. The average molecular weight is 334 g/mol. The summed E-state index contributed by atoms with van der Waals surface area (Å²) in [4.78, 5) is 12.4. The summed E-state index contributed by atoms with van der Waals surface area (Å²) in [7, 11) is 0. The van der Waals surface area contributed by atoms with Crippen LogP contribution in [0.25, 0.3) is 0 Å². The fraction of sp³-hybridized carbons (Fsp3) is 0.316. The minimum Gasteiger partial charge on any atom is -0.460 e. The molecule has 0 saturated carbocycles. The number of halogens is 2. The Balaban J connectivity index is 2.06. The van der Waals surface area contributed by atoms with Gasteiger partial charge in [-0.25, -0.2) is 0 Å². The van der Waals surface area contributed by atoms with Gasteiger partial charge in [-0.1, -0.05) is 56.3 Å². The number of alkyl halides is 2. The summed E-state index contributed by atoms with van der Waals surface area (Å²) in [5.41, 5.74) is 1.62. The largest absolute Gasteiger partial charge is 0.460 e. The van der Waals surface area contributed by atoms with Gasteiger partial charge in [-0.05, 0) is 29.2 Å². The third kappa shape index (κ3) is 5.05. The van der Waals surface area contributed by atoms with Crippen molar-refractivity contribution in [2.45, 2.75) is 33.0 Å². The van der Waals surface area contributed by atoms with E-state index in [4.69, 9.17) is 4.74 Å². The maximum atomic E-state index is 12.4. The lowest BCUT2D eigenvalue weighted by Gasteiger charge is -2.20. The first-order valence-electron chi connectivity index (χ1n) is 7.72. The summed E-state index contributed by atoms with van der Waals surface area (Å²) >= 11 is 0. The van der Waals surface area contributed by atoms with E-state index in [9.17, 15) is 13.6 Å². The molecule has 0 aliphatic heterocycles. The van der Waals surface area contributed by atoms with Crippen molar-refractivity contribution in [3.63, 3.8) is 0 Å². The van der Waals surface area contributed by atoms with Crippen molar-refractivity contribution in [1.82, 2.24) is 0 Å². The highest BCUT2D eigenvalue weighted by Gasteiger charge is 2.26. The zero-order valence-corrected chi connectivity index (χ0v) is 13.6. The molecule has 0 aliphatic carbocycles. The molecule has 0 heterocycles. The Kier molecular flexibility index (Phi) is 6.29.